The van der Waals surface area contributed by atoms with E-state index < -0.39 is 0 Å². The number of hydrogen-bond acceptors (Lipinski definition) is 4. The van der Waals surface area contributed by atoms with Crippen LogP contribution < -0.4 is 15.4 Å². The Morgan fingerprint density at radius 3 is 2.42 bits per heavy atom. The molecule has 0 unspecified atom stereocenters. The number of nitrogens with one attached hydrogen (secondary N) is 2. The van der Waals surface area contributed by atoms with Gasteiger partial charge in [-0.3, -0.25) is 9.59 Å². The first-order valence-electron chi connectivity index (χ1n) is 9.29. The average Bonchev–Trinajstić information content (AvgIpc) is 2.75. The number of anilines is 2. The molecule has 0 atom stereocenters. The van der Waals surface area contributed by atoms with Crippen molar-refractivity contribution >= 4 is 58.2 Å². The topological polar surface area (TPSA) is 67.4 Å². The van der Waals surface area contributed by atoms with Crippen molar-refractivity contribution in [3.05, 3.63) is 81.8 Å². The summed E-state index contributed by atoms with van der Waals surface area (Å²) in [6.45, 7) is 1.86. The smallest absolute Gasteiger partial charge is 0.255 e. The molecule has 31 heavy (non-hydrogen) atoms. The molecule has 0 fully saturated rings. The molecular weight excluding hydrogens is 455 g/mol. The van der Waals surface area contributed by atoms with E-state index in [9.17, 15) is 9.59 Å². The van der Waals surface area contributed by atoms with Gasteiger partial charge in [-0.25, -0.2) is 0 Å². The predicted octanol–water partition coefficient (Wildman–Crippen LogP) is 6.29. The second-order valence-electron chi connectivity index (χ2n) is 6.63. The van der Waals surface area contributed by atoms with Gasteiger partial charge in [-0.05, 0) is 61.0 Å². The van der Waals surface area contributed by atoms with Crippen LogP contribution in [0.1, 0.15) is 15.9 Å². The highest BCUT2D eigenvalue weighted by molar-refractivity contribution is 8.00. The molecule has 2 amide bonds. The molecule has 160 valence electrons. The Morgan fingerprint density at radius 2 is 1.74 bits per heavy atom. The molecule has 0 radical (unpaired) electrons. The number of amides is 2. The SMILES string of the molecule is COc1cc(Cl)c(C)cc1NC(=O)CSc1ccc(NC(=O)c2cccc(Cl)c2)cc1. The summed E-state index contributed by atoms with van der Waals surface area (Å²) < 4.78 is 5.28. The van der Waals surface area contributed by atoms with E-state index in [2.05, 4.69) is 10.6 Å². The van der Waals surface area contributed by atoms with Gasteiger partial charge in [-0.15, -0.1) is 11.8 Å². The minimum atomic E-state index is -0.241. The van der Waals surface area contributed by atoms with Crippen molar-refractivity contribution in [2.75, 3.05) is 23.5 Å². The summed E-state index contributed by atoms with van der Waals surface area (Å²) in [6.07, 6.45) is 0. The van der Waals surface area contributed by atoms with Crippen LogP contribution in [0.3, 0.4) is 0 Å². The van der Waals surface area contributed by atoms with Crippen LogP contribution in [0.25, 0.3) is 0 Å². The van der Waals surface area contributed by atoms with Crippen molar-refractivity contribution in [2.45, 2.75) is 11.8 Å². The van der Waals surface area contributed by atoms with Crippen LogP contribution in [0.2, 0.25) is 10.0 Å². The molecule has 0 heterocycles. The number of benzene rings is 3. The summed E-state index contributed by atoms with van der Waals surface area (Å²) in [7, 11) is 1.53. The molecule has 0 saturated carbocycles. The number of ether oxygens (including phenoxy) is 1. The van der Waals surface area contributed by atoms with E-state index in [4.69, 9.17) is 27.9 Å². The van der Waals surface area contributed by atoms with Crippen LogP contribution in [-0.4, -0.2) is 24.7 Å². The van der Waals surface area contributed by atoms with E-state index in [1.165, 1.54) is 18.9 Å². The normalized spacial score (nSPS) is 10.5. The van der Waals surface area contributed by atoms with Crippen LogP contribution in [-0.2, 0) is 4.79 Å². The first-order chi connectivity index (χ1) is 14.9. The van der Waals surface area contributed by atoms with Crippen LogP contribution in [0, 0.1) is 6.92 Å². The molecule has 0 saturated heterocycles. The molecule has 3 rings (SSSR count). The fourth-order valence-corrected chi connectivity index (χ4v) is 3.77. The monoisotopic (exact) mass is 474 g/mol. The van der Waals surface area contributed by atoms with E-state index in [1.807, 2.05) is 19.1 Å². The van der Waals surface area contributed by atoms with Gasteiger partial charge in [0.1, 0.15) is 5.75 Å². The zero-order valence-corrected chi connectivity index (χ0v) is 19.2. The quantitative estimate of drug-likeness (QED) is 0.394. The molecule has 3 aromatic carbocycles. The van der Waals surface area contributed by atoms with Gasteiger partial charge in [0.05, 0.1) is 18.6 Å². The third-order valence-corrected chi connectivity index (χ3v) is 5.98. The third-order valence-electron chi connectivity index (χ3n) is 4.32. The number of carbonyl (C=O) groups is 2. The number of hydrogen-bond donors (Lipinski definition) is 2. The van der Waals surface area contributed by atoms with Crippen LogP contribution in [0.5, 0.6) is 5.75 Å². The molecule has 0 aromatic heterocycles. The Balaban J connectivity index is 1.55. The van der Waals surface area contributed by atoms with Crippen LogP contribution >= 0.6 is 35.0 Å². The fraction of sp³-hybridized carbons (Fsp3) is 0.130. The highest BCUT2D eigenvalue weighted by Gasteiger charge is 2.11. The second kappa shape index (κ2) is 10.6. The zero-order valence-electron chi connectivity index (χ0n) is 16.9. The van der Waals surface area contributed by atoms with Crippen molar-refractivity contribution in [1.29, 1.82) is 0 Å². The molecule has 0 aliphatic heterocycles. The highest BCUT2D eigenvalue weighted by Crippen LogP contribution is 2.31. The summed E-state index contributed by atoms with van der Waals surface area (Å²) in [4.78, 5) is 25.5. The Kier molecular flexibility index (Phi) is 7.85. The number of halogens is 2. The number of carbonyl (C=O) groups excluding carboxylic acids is 2. The summed E-state index contributed by atoms with van der Waals surface area (Å²) in [5, 5.41) is 6.75. The minimum absolute atomic E-state index is 0.164. The molecule has 8 heteroatoms. The lowest BCUT2D eigenvalue weighted by Crippen LogP contribution is -2.15. The molecule has 0 aliphatic carbocycles. The number of aryl methyl sites for hydroxylation is 1. The Morgan fingerprint density at radius 1 is 1.00 bits per heavy atom. The maximum Gasteiger partial charge on any atom is 0.255 e. The molecule has 0 bridgehead atoms. The first kappa shape index (κ1) is 23.0. The van der Waals surface area contributed by atoms with Gasteiger partial charge < -0.3 is 15.4 Å². The standard InChI is InChI=1S/C23H20Cl2N2O3S/c1-14-10-20(21(30-2)12-19(14)25)27-22(28)13-31-18-8-6-17(7-9-18)26-23(29)15-4-3-5-16(24)11-15/h3-12H,13H2,1-2H3,(H,26,29)(H,27,28). The largest absolute Gasteiger partial charge is 0.495 e. The summed E-state index contributed by atoms with van der Waals surface area (Å²) >= 11 is 13.4. The van der Waals surface area contributed by atoms with Gasteiger partial charge in [0.2, 0.25) is 5.91 Å². The maximum atomic E-state index is 12.4. The van der Waals surface area contributed by atoms with Gasteiger partial charge in [-0.2, -0.15) is 0 Å². The van der Waals surface area contributed by atoms with E-state index in [1.54, 1.807) is 48.5 Å². The van der Waals surface area contributed by atoms with E-state index in [-0.39, 0.29) is 17.6 Å². The van der Waals surface area contributed by atoms with Gasteiger partial charge in [0, 0.05) is 32.3 Å². The Labute approximate surface area is 195 Å². The van der Waals surface area contributed by atoms with Gasteiger partial charge in [-0.1, -0.05) is 29.3 Å². The van der Waals surface area contributed by atoms with Crippen molar-refractivity contribution in [1.82, 2.24) is 0 Å². The lowest BCUT2D eigenvalue weighted by Gasteiger charge is -2.12. The van der Waals surface area contributed by atoms with E-state index in [0.717, 1.165) is 10.5 Å². The second-order valence-corrected chi connectivity index (χ2v) is 8.52. The maximum absolute atomic E-state index is 12.4. The Bertz CT molecular complexity index is 1100. The van der Waals surface area contributed by atoms with Crippen molar-refractivity contribution in [2.24, 2.45) is 0 Å². The zero-order chi connectivity index (χ0) is 22.4. The lowest BCUT2D eigenvalue weighted by molar-refractivity contribution is -0.113. The highest BCUT2D eigenvalue weighted by atomic mass is 35.5. The number of rotatable bonds is 7. The van der Waals surface area contributed by atoms with Gasteiger partial charge in [0.25, 0.3) is 5.91 Å². The van der Waals surface area contributed by atoms with Crippen LogP contribution in [0.15, 0.2) is 65.6 Å². The molecule has 0 spiro atoms. The molecule has 5 nitrogen and oxygen atoms in total. The van der Waals surface area contributed by atoms with Crippen molar-refractivity contribution in [3.63, 3.8) is 0 Å². The molecular formula is C23H20Cl2N2O3S. The molecule has 0 aliphatic rings. The number of thioether (sulfide) groups is 1. The van der Waals surface area contributed by atoms with Crippen LogP contribution in [0.4, 0.5) is 11.4 Å². The lowest BCUT2D eigenvalue weighted by atomic mass is 10.2. The molecule has 3 aromatic rings. The Hall–Kier alpha value is -2.67. The minimum Gasteiger partial charge on any atom is -0.495 e. The third kappa shape index (κ3) is 6.40. The summed E-state index contributed by atoms with van der Waals surface area (Å²) in [5.41, 5.74) is 2.56. The van der Waals surface area contributed by atoms with Crippen molar-refractivity contribution in [3.8, 4) is 5.75 Å². The van der Waals surface area contributed by atoms with Gasteiger partial charge in [0.15, 0.2) is 0 Å². The molecule has 2 N–H and O–H groups in total. The summed E-state index contributed by atoms with van der Waals surface area (Å²) in [6, 6.07) is 17.5. The van der Waals surface area contributed by atoms with E-state index in [0.29, 0.717) is 32.7 Å². The fourth-order valence-electron chi connectivity index (χ4n) is 2.73. The number of methoxy groups -OCH3 is 1. The van der Waals surface area contributed by atoms with E-state index >= 15 is 0 Å². The predicted molar refractivity (Wildman–Crippen MR) is 128 cm³/mol. The first-order valence-corrected chi connectivity index (χ1v) is 11.0. The van der Waals surface area contributed by atoms with Crippen molar-refractivity contribution < 1.29 is 14.3 Å². The average molecular weight is 475 g/mol. The van der Waals surface area contributed by atoms with Gasteiger partial charge >= 0.3 is 0 Å². The summed E-state index contributed by atoms with van der Waals surface area (Å²) in [5.74, 6) is 0.325.